The molecular weight excluding hydrogens is 330 g/mol. The lowest BCUT2D eigenvalue weighted by Gasteiger charge is -2.15. The van der Waals surface area contributed by atoms with Gasteiger partial charge in [0, 0.05) is 24.8 Å². The number of hydrogen-bond donors (Lipinski definition) is 4. The van der Waals surface area contributed by atoms with Crippen molar-refractivity contribution in [2.24, 2.45) is 0 Å². The molecule has 1 aliphatic rings. The maximum atomic E-state index is 11.9. The molecule has 0 aliphatic carbocycles. The van der Waals surface area contributed by atoms with Gasteiger partial charge in [-0.15, -0.1) is 0 Å². The van der Waals surface area contributed by atoms with E-state index in [0.29, 0.717) is 13.1 Å². The van der Waals surface area contributed by atoms with E-state index < -0.39 is 22.0 Å². The first-order chi connectivity index (χ1) is 11.4. The molecule has 1 heterocycles. The maximum Gasteiger partial charge on any atom is 0.238 e. The lowest BCUT2D eigenvalue weighted by molar-refractivity contribution is -0.115. The van der Waals surface area contributed by atoms with Crippen molar-refractivity contribution in [1.82, 2.24) is 10.6 Å². The van der Waals surface area contributed by atoms with Crippen LogP contribution >= 0.6 is 0 Å². The van der Waals surface area contributed by atoms with Crippen molar-refractivity contribution in [3.63, 3.8) is 0 Å². The van der Waals surface area contributed by atoms with Gasteiger partial charge >= 0.3 is 0 Å². The summed E-state index contributed by atoms with van der Waals surface area (Å²) in [6, 6.07) is 7.29. The van der Waals surface area contributed by atoms with Gasteiger partial charge < -0.3 is 21.1 Å². The van der Waals surface area contributed by atoms with Crippen LogP contribution in [0.25, 0.3) is 0 Å². The van der Waals surface area contributed by atoms with Gasteiger partial charge in [-0.1, -0.05) is 19.1 Å². The molecule has 0 saturated carbocycles. The van der Waals surface area contributed by atoms with Crippen molar-refractivity contribution in [1.29, 1.82) is 0 Å². The third kappa shape index (κ3) is 5.86. The number of hydrogen-bond acceptors (Lipinski definition) is 6. The van der Waals surface area contributed by atoms with Crippen molar-refractivity contribution in [3.05, 3.63) is 29.8 Å². The van der Waals surface area contributed by atoms with Gasteiger partial charge in [0.15, 0.2) is 9.84 Å². The molecule has 2 rings (SSSR count). The van der Waals surface area contributed by atoms with E-state index in [1.165, 1.54) is 0 Å². The largest absolute Gasteiger partial charge is 0.390 e. The number of benzene rings is 1. The van der Waals surface area contributed by atoms with E-state index >= 15 is 0 Å². The summed E-state index contributed by atoms with van der Waals surface area (Å²) < 4.78 is 22.8. The molecule has 1 aliphatic heterocycles. The lowest BCUT2D eigenvalue weighted by Crippen LogP contribution is -2.42. The van der Waals surface area contributed by atoms with Gasteiger partial charge in [0.2, 0.25) is 5.91 Å². The fraction of sp³-hybridized carbons (Fsp3) is 0.562. The number of carbonyl (C=O) groups is 1. The van der Waals surface area contributed by atoms with Gasteiger partial charge in [0.05, 0.1) is 24.2 Å². The second kappa shape index (κ2) is 8.57. The molecule has 4 N–H and O–H groups in total. The van der Waals surface area contributed by atoms with Crippen molar-refractivity contribution in [2.45, 2.75) is 25.5 Å². The number of rotatable bonds is 8. The second-order valence-electron chi connectivity index (χ2n) is 5.98. The highest BCUT2D eigenvalue weighted by Gasteiger charge is 2.35. The van der Waals surface area contributed by atoms with Crippen LogP contribution in [0.15, 0.2) is 24.3 Å². The minimum Gasteiger partial charge on any atom is -0.390 e. The van der Waals surface area contributed by atoms with Crippen LogP contribution in [-0.2, 0) is 21.1 Å². The van der Waals surface area contributed by atoms with E-state index in [1.807, 2.05) is 24.3 Å². The molecule has 2 atom stereocenters. The summed E-state index contributed by atoms with van der Waals surface area (Å²) in [7, 11) is -3.14. The van der Waals surface area contributed by atoms with Gasteiger partial charge in [0.1, 0.15) is 0 Å². The zero-order valence-electron chi connectivity index (χ0n) is 13.8. The Bertz CT molecular complexity index is 663. The van der Waals surface area contributed by atoms with Crippen LogP contribution in [0.3, 0.4) is 0 Å². The van der Waals surface area contributed by atoms with Crippen LogP contribution in [0.5, 0.6) is 0 Å². The standard InChI is InChI=1S/C16H25N3O4S/c1-2-12-4-3-5-13(8-12)19-16(21)9-17-6-7-18-14-10-24(22,23)11-15(14)20/h3-5,8,14-15,17-18,20H,2,6-7,9-11H2,1H3,(H,19,21). The van der Waals surface area contributed by atoms with Crippen molar-refractivity contribution < 1.29 is 18.3 Å². The Labute approximate surface area is 142 Å². The third-order valence-electron chi connectivity index (χ3n) is 3.94. The quantitative estimate of drug-likeness (QED) is 0.470. The lowest BCUT2D eigenvalue weighted by atomic mass is 10.1. The Kier molecular flexibility index (Phi) is 6.73. The molecule has 134 valence electrons. The Morgan fingerprint density at radius 2 is 2.08 bits per heavy atom. The molecule has 0 spiro atoms. The van der Waals surface area contributed by atoms with Crippen LogP contribution in [0.2, 0.25) is 0 Å². The SMILES string of the molecule is CCc1cccc(NC(=O)CNCCNC2CS(=O)(=O)CC2O)c1. The molecular formula is C16H25N3O4S. The number of nitrogens with one attached hydrogen (secondary N) is 3. The van der Waals surface area contributed by atoms with Crippen molar-refractivity contribution in [2.75, 3.05) is 36.5 Å². The number of anilines is 1. The van der Waals surface area contributed by atoms with Crippen LogP contribution in [0.4, 0.5) is 5.69 Å². The predicted molar refractivity (Wildman–Crippen MR) is 93.8 cm³/mol. The molecule has 7 nitrogen and oxygen atoms in total. The number of aliphatic hydroxyl groups is 1. The predicted octanol–water partition coefficient (Wildman–Crippen LogP) is -0.475. The Morgan fingerprint density at radius 3 is 2.75 bits per heavy atom. The normalized spacial score (nSPS) is 22.4. The number of carbonyl (C=O) groups excluding carboxylic acids is 1. The average molecular weight is 355 g/mol. The summed E-state index contributed by atoms with van der Waals surface area (Å²) in [5.74, 6) is -0.355. The smallest absolute Gasteiger partial charge is 0.238 e. The summed E-state index contributed by atoms with van der Waals surface area (Å²) in [6.45, 7) is 3.22. The Balaban J connectivity index is 1.63. The number of amides is 1. The first-order valence-corrected chi connectivity index (χ1v) is 9.93. The van der Waals surface area contributed by atoms with Crippen molar-refractivity contribution >= 4 is 21.4 Å². The highest BCUT2D eigenvalue weighted by atomic mass is 32.2. The number of aliphatic hydroxyl groups excluding tert-OH is 1. The van der Waals surface area contributed by atoms with Crippen LogP contribution in [-0.4, -0.2) is 62.7 Å². The summed E-state index contributed by atoms with van der Waals surface area (Å²) in [4.78, 5) is 11.9. The topological polar surface area (TPSA) is 108 Å². The summed E-state index contributed by atoms with van der Waals surface area (Å²) >= 11 is 0. The second-order valence-corrected chi connectivity index (χ2v) is 8.14. The monoisotopic (exact) mass is 355 g/mol. The molecule has 1 fully saturated rings. The van der Waals surface area contributed by atoms with E-state index in [1.54, 1.807) is 0 Å². The van der Waals surface area contributed by atoms with E-state index in [-0.39, 0.29) is 24.0 Å². The molecule has 0 bridgehead atoms. The molecule has 1 saturated heterocycles. The molecule has 1 aromatic carbocycles. The number of aryl methyl sites for hydroxylation is 1. The molecule has 8 heteroatoms. The fourth-order valence-electron chi connectivity index (χ4n) is 2.65. The molecule has 0 aromatic heterocycles. The van der Waals surface area contributed by atoms with Gasteiger partial charge in [-0.2, -0.15) is 0 Å². The molecule has 24 heavy (non-hydrogen) atoms. The molecule has 1 aromatic rings. The Hall–Kier alpha value is -1.48. The van der Waals surface area contributed by atoms with E-state index in [4.69, 9.17) is 0 Å². The summed E-state index contributed by atoms with van der Waals surface area (Å²) in [5.41, 5.74) is 1.94. The minimum atomic E-state index is -3.14. The minimum absolute atomic E-state index is 0.0393. The van der Waals surface area contributed by atoms with Gasteiger partial charge in [-0.25, -0.2) is 8.42 Å². The zero-order chi connectivity index (χ0) is 17.6. The van der Waals surface area contributed by atoms with E-state index in [9.17, 15) is 18.3 Å². The van der Waals surface area contributed by atoms with Crippen LogP contribution in [0, 0.1) is 0 Å². The number of sulfone groups is 1. The molecule has 0 radical (unpaired) electrons. The molecule has 2 unspecified atom stereocenters. The average Bonchev–Trinajstić information content (AvgIpc) is 2.79. The first-order valence-electron chi connectivity index (χ1n) is 8.11. The van der Waals surface area contributed by atoms with Crippen LogP contribution < -0.4 is 16.0 Å². The summed E-state index contributed by atoms with van der Waals surface area (Å²) in [6.07, 6.45) is 0.0558. The van der Waals surface area contributed by atoms with Crippen molar-refractivity contribution in [3.8, 4) is 0 Å². The molecule has 1 amide bonds. The van der Waals surface area contributed by atoms with E-state index in [0.717, 1.165) is 17.7 Å². The van der Waals surface area contributed by atoms with Crippen LogP contribution in [0.1, 0.15) is 12.5 Å². The highest BCUT2D eigenvalue weighted by molar-refractivity contribution is 7.91. The fourth-order valence-corrected chi connectivity index (χ4v) is 4.42. The first kappa shape index (κ1) is 18.9. The third-order valence-corrected chi connectivity index (χ3v) is 5.65. The maximum absolute atomic E-state index is 11.9. The van der Waals surface area contributed by atoms with Gasteiger partial charge in [-0.3, -0.25) is 4.79 Å². The van der Waals surface area contributed by atoms with Gasteiger partial charge in [-0.05, 0) is 24.1 Å². The Morgan fingerprint density at radius 1 is 1.29 bits per heavy atom. The highest BCUT2D eigenvalue weighted by Crippen LogP contribution is 2.12. The van der Waals surface area contributed by atoms with Gasteiger partial charge in [0.25, 0.3) is 0 Å². The van der Waals surface area contributed by atoms with E-state index in [2.05, 4.69) is 22.9 Å². The summed E-state index contributed by atoms with van der Waals surface area (Å²) in [5, 5.41) is 18.5. The zero-order valence-corrected chi connectivity index (χ0v) is 14.6.